The second-order valence-electron chi connectivity index (χ2n) is 8.03. The summed E-state index contributed by atoms with van der Waals surface area (Å²) in [5, 5.41) is 0. The predicted octanol–water partition coefficient (Wildman–Crippen LogP) is 0.726. The van der Waals surface area contributed by atoms with Crippen LogP contribution in [0.5, 0.6) is 0 Å². The molecule has 0 radical (unpaired) electrons. The molecule has 30 heavy (non-hydrogen) atoms. The predicted molar refractivity (Wildman–Crippen MR) is 99.8 cm³/mol. The van der Waals surface area contributed by atoms with Crippen molar-refractivity contribution in [3.8, 4) is 0 Å². The van der Waals surface area contributed by atoms with E-state index < -0.39 is 59.4 Å². The maximum Gasteiger partial charge on any atom is 0.356 e. The Morgan fingerprint density at radius 1 is 1.17 bits per heavy atom. The highest BCUT2D eigenvalue weighted by atomic mass is 19.1. The zero-order valence-corrected chi connectivity index (χ0v) is 17.5. The summed E-state index contributed by atoms with van der Waals surface area (Å²) in [6, 6.07) is 0. The lowest BCUT2D eigenvalue weighted by Gasteiger charge is -2.33. The largest absolute Gasteiger partial charge is 0.461 e. The van der Waals surface area contributed by atoms with Crippen molar-refractivity contribution in [1.29, 1.82) is 0 Å². The zero-order valence-electron chi connectivity index (χ0n) is 17.5. The van der Waals surface area contributed by atoms with E-state index in [1.54, 1.807) is 34.6 Å². The quantitative estimate of drug-likeness (QED) is 0.371. The van der Waals surface area contributed by atoms with Crippen molar-refractivity contribution in [3.05, 3.63) is 12.3 Å². The van der Waals surface area contributed by atoms with E-state index >= 15 is 4.39 Å². The van der Waals surface area contributed by atoms with Crippen LogP contribution in [0, 0.1) is 0 Å². The number of esters is 1. The highest BCUT2D eigenvalue weighted by Gasteiger charge is 2.71. The van der Waals surface area contributed by atoms with Gasteiger partial charge >= 0.3 is 5.97 Å². The van der Waals surface area contributed by atoms with Gasteiger partial charge in [0.15, 0.2) is 29.7 Å². The molecule has 0 bridgehead atoms. The standard InChI is InChI=1S/C19H27FN2O8/c1-6-25-15(24)12(22-8-7-11(21)23)19(20)13(10-9-26-17(2,3)28-10)27-16-14(19)29-18(4,5)30-16/h7-8,10,13-14,16H,6,9H2,1-5H3,(H2,21,23)/t10-,13+,14-,16+,19-/m0/s1. The number of nitrogens with zero attached hydrogens (tertiary/aromatic N) is 1. The number of nitrogens with two attached hydrogens (primary N) is 1. The maximum atomic E-state index is 16.9. The summed E-state index contributed by atoms with van der Waals surface area (Å²) in [6.45, 7) is 8.10. The van der Waals surface area contributed by atoms with Gasteiger partial charge in [0.25, 0.3) is 0 Å². The third-order valence-corrected chi connectivity index (χ3v) is 4.81. The fraction of sp³-hybridized carbons (Fsp3) is 0.737. The highest BCUT2D eigenvalue weighted by molar-refractivity contribution is 6.40. The molecule has 10 nitrogen and oxygen atoms in total. The Bertz CT molecular complexity index is 768. The third-order valence-electron chi connectivity index (χ3n) is 4.81. The minimum absolute atomic E-state index is 0.0133. The van der Waals surface area contributed by atoms with E-state index in [-0.39, 0.29) is 13.2 Å². The molecule has 3 rings (SSSR count). The van der Waals surface area contributed by atoms with E-state index in [4.69, 9.17) is 34.2 Å². The average Bonchev–Trinajstić information content (AvgIpc) is 3.21. The van der Waals surface area contributed by atoms with Crippen LogP contribution >= 0.6 is 0 Å². The Hall–Kier alpha value is -1.92. The number of carbonyl (C=O) groups is 2. The number of ether oxygens (including phenoxy) is 6. The molecule has 3 aliphatic heterocycles. The summed E-state index contributed by atoms with van der Waals surface area (Å²) in [4.78, 5) is 27.6. The van der Waals surface area contributed by atoms with Crippen molar-refractivity contribution in [2.45, 2.75) is 76.5 Å². The molecule has 168 valence electrons. The van der Waals surface area contributed by atoms with Crippen LogP contribution in [0.15, 0.2) is 17.3 Å². The number of aliphatic imine (C=N–C) groups is 1. The van der Waals surface area contributed by atoms with Gasteiger partial charge in [-0.2, -0.15) is 0 Å². The number of rotatable bonds is 6. The summed E-state index contributed by atoms with van der Waals surface area (Å²) in [7, 11) is 0. The molecule has 2 N–H and O–H groups in total. The number of carbonyl (C=O) groups excluding carboxylic acids is 2. The Morgan fingerprint density at radius 3 is 2.43 bits per heavy atom. The summed E-state index contributed by atoms with van der Waals surface area (Å²) < 4.78 is 50.4. The van der Waals surface area contributed by atoms with Crippen LogP contribution in [0.25, 0.3) is 0 Å². The lowest BCUT2D eigenvalue weighted by molar-refractivity contribution is -0.232. The number of hydrogen-bond donors (Lipinski definition) is 1. The summed E-state index contributed by atoms with van der Waals surface area (Å²) in [6.07, 6.45) is -2.88. The fourth-order valence-corrected chi connectivity index (χ4v) is 3.70. The summed E-state index contributed by atoms with van der Waals surface area (Å²) in [5.74, 6) is -3.98. The van der Waals surface area contributed by atoms with Gasteiger partial charge in [0.2, 0.25) is 11.6 Å². The molecule has 5 atom stereocenters. The first kappa shape index (κ1) is 22.8. The third kappa shape index (κ3) is 4.26. The van der Waals surface area contributed by atoms with Crippen LogP contribution in [0.3, 0.4) is 0 Å². The zero-order chi connectivity index (χ0) is 22.3. The van der Waals surface area contributed by atoms with E-state index in [1.807, 2.05) is 0 Å². The SMILES string of the molecule is CCOC(=O)C(=NC=CC(N)=O)[C@]1(F)[C@@H]([C@@H]2COC(C)(C)O2)O[C@@H]2OC(C)(C)O[C@@H]21. The molecule has 0 aliphatic carbocycles. The van der Waals surface area contributed by atoms with E-state index in [9.17, 15) is 9.59 Å². The van der Waals surface area contributed by atoms with Gasteiger partial charge in [0.05, 0.1) is 13.2 Å². The molecule has 0 spiro atoms. The number of fused-ring (bicyclic) bond motifs is 1. The molecule has 0 aromatic heterocycles. The smallest absolute Gasteiger partial charge is 0.356 e. The number of alkyl halides is 1. The van der Waals surface area contributed by atoms with Crippen molar-refractivity contribution in [3.63, 3.8) is 0 Å². The Morgan fingerprint density at radius 2 is 1.87 bits per heavy atom. The van der Waals surface area contributed by atoms with Gasteiger partial charge in [-0.25, -0.2) is 14.2 Å². The normalized spacial score (nSPS) is 37.5. The van der Waals surface area contributed by atoms with Crippen molar-refractivity contribution in [2.75, 3.05) is 13.2 Å². The van der Waals surface area contributed by atoms with Gasteiger partial charge in [-0.05, 0) is 34.6 Å². The van der Waals surface area contributed by atoms with Crippen molar-refractivity contribution >= 4 is 17.6 Å². The first-order chi connectivity index (χ1) is 13.9. The molecule has 3 saturated heterocycles. The lowest BCUT2D eigenvalue weighted by atomic mass is 9.86. The molecular weight excluding hydrogens is 403 g/mol. The number of primary amides is 1. The van der Waals surface area contributed by atoms with E-state index in [0.717, 1.165) is 12.3 Å². The van der Waals surface area contributed by atoms with Crippen LogP contribution < -0.4 is 5.73 Å². The average molecular weight is 430 g/mol. The molecule has 1 amide bonds. The van der Waals surface area contributed by atoms with E-state index in [2.05, 4.69) is 4.99 Å². The summed E-state index contributed by atoms with van der Waals surface area (Å²) >= 11 is 0. The number of amides is 1. The van der Waals surface area contributed by atoms with E-state index in [0.29, 0.717) is 0 Å². The van der Waals surface area contributed by atoms with Crippen LogP contribution in [-0.4, -0.2) is 72.6 Å². The van der Waals surface area contributed by atoms with Gasteiger partial charge in [0, 0.05) is 12.3 Å². The van der Waals surface area contributed by atoms with Crippen LogP contribution in [0.1, 0.15) is 34.6 Å². The van der Waals surface area contributed by atoms with Crippen LogP contribution in [0.2, 0.25) is 0 Å². The first-order valence-corrected chi connectivity index (χ1v) is 9.63. The summed E-state index contributed by atoms with van der Waals surface area (Å²) in [5.41, 5.74) is 1.80. The van der Waals surface area contributed by atoms with Crippen LogP contribution in [0.4, 0.5) is 4.39 Å². The van der Waals surface area contributed by atoms with Crippen LogP contribution in [-0.2, 0) is 38.0 Å². The number of halogens is 1. The minimum Gasteiger partial charge on any atom is -0.461 e. The monoisotopic (exact) mass is 430 g/mol. The topological polar surface area (TPSA) is 128 Å². The van der Waals surface area contributed by atoms with Crippen molar-refractivity contribution < 1.29 is 42.4 Å². The van der Waals surface area contributed by atoms with Gasteiger partial charge in [-0.3, -0.25) is 4.79 Å². The van der Waals surface area contributed by atoms with Gasteiger partial charge in [0.1, 0.15) is 12.2 Å². The molecule has 3 aliphatic rings. The molecule has 3 heterocycles. The Balaban J connectivity index is 2.06. The Labute approximate surface area is 173 Å². The molecule has 0 saturated carbocycles. The van der Waals surface area contributed by atoms with Crippen molar-refractivity contribution in [2.24, 2.45) is 10.7 Å². The lowest BCUT2D eigenvalue weighted by Crippen LogP contribution is -2.58. The molecular formula is C19H27FN2O8. The number of hydrogen-bond acceptors (Lipinski definition) is 9. The molecule has 0 aromatic rings. The van der Waals surface area contributed by atoms with Gasteiger partial charge in [-0.1, -0.05) is 0 Å². The molecule has 11 heteroatoms. The fourth-order valence-electron chi connectivity index (χ4n) is 3.70. The first-order valence-electron chi connectivity index (χ1n) is 9.63. The van der Waals surface area contributed by atoms with Gasteiger partial charge in [-0.15, -0.1) is 0 Å². The molecule has 3 fully saturated rings. The minimum atomic E-state index is -2.62. The maximum absolute atomic E-state index is 16.9. The van der Waals surface area contributed by atoms with Gasteiger partial charge < -0.3 is 34.2 Å². The van der Waals surface area contributed by atoms with Crippen molar-refractivity contribution in [1.82, 2.24) is 0 Å². The highest BCUT2D eigenvalue weighted by Crippen LogP contribution is 2.49. The van der Waals surface area contributed by atoms with E-state index in [1.165, 1.54) is 0 Å². The second kappa shape index (κ2) is 7.97. The molecule has 0 unspecified atom stereocenters. The molecule has 0 aromatic carbocycles. The second-order valence-corrected chi connectivity index (χ2v) is 8.03. The Kier molecular flexibility index (Phi) is 6.04.